The first-order chi connectivity index (χ1) is 16.0. The van der Waals surface area contributed by atoms with Gasteiger partial charge in [-0.05, 0) is 37.7 Å². The zero-order valence-electron chi connectivity index (χ0n) is 20.0. The Morgan fingerprint density at radius 2 is 2.03 bits per heavy atom. The van der Waals surface area contributed by atoms with Crippen molar-refractivity contribution in [2.45, 2.75) is 77.0 Å². The lowest BCUT2D eigenvalue weighted by Gasteiger charge is -2.40. The predicted octanol–water partition coefficient (Wildman–Crippen LogP) is 2.80. The summed E-state index contributed by atoms with van der Waals surface area (Å²) in [6, 6.07) is 1.95. The van der Waals surface area contributed by atoms with E-state index in [9.17, 15) is 22.8 Å². The lowest BCUT2D eigenvalue weighted by atomic mass is 9.74. The fraction of sp³-hybridized carbons (Fsp3) is 0.750. The van der Waals surface area contributed by atoms with E-state index in [1.807, 2.05) is 13.8 Å². The minimum absolute atomic E-state index is 0.0102. The van der Waals surface area contributed by atoms with E-state index in [-0.39, 0.29) is 48.8 Å². The molecule has 3 aliphatic rings. The van der Waals surface area contributed by atoms with E-state index in [4.69, 9.17) is 9.47 Å². The van der Waals surface area contributed by atoms with Gasteiger partial charge in [0.15, 0.2) is 0 Å². The number of rotatable bonds is 5. The third-order valence-electron chi connectivity index (χ3n) is 7.91. The second-order valence-corrected chi connectivity index (χ2v) is 10.1. The molecule has 4 atom stereocenters. The van der Waals surface area contributed by atoms with E-state index in [1.54, 1.807) is 12.0 Å². The first-order valence-electron chi connectivity index (χ1n) is 12.0. The zero-order valence-corrected chi connectivity index (χ0v) is 20.0. The van der Waals surface area contributed by atoms with Crippen molar-refractivity contribution in [1.82, 2.24) is 14.8 Å². The Morgan fingerprint density at radius 3 is 2.71 bits per heavy atom. The smallest absolute Gasteiger partial charge is 0.379 e. The number of ether oxygens (including phenoxy) is 2. The number of nitrogens with zero attached hydrogens (tertiary/aromatic N) is 2. The molecule has 2 fully saturated rings. The fourth-order valence-corrected chi connectivity index (χ4v) is 5.80. The number of hydrogen-bond donors (Lipinski definition) is 1. The van der Waals surface area contributed by atoms with E-state index in [1.165, 1.54) is 4.57 Å². The van der Waals surface area contributed by atoms with Gasteiger partial charge in [0.25, 0.3) is 5.56 Å². The van der Waals surface area contributed by atoms with Crippen LogP contribution in [0.5, 0.6) is 0 Å². The van der Waals surface area contributed by atoms with Gasteiger partial charge in [-0.2, -0.15) is 13.2 Å². The van der Waals surface area contributed by atoms with E-state index in [0.717, 1.165) is 18.9 Å². The number of hydrogen-bond acceptors (Lipinski definition) is 5. The van der Waals surface area contributed by atoms with Crippen LogP contribution >= 0.6 is 0 Å². The number of fused-ring (bicyclic) bond motifs is 1. The molecule has 1 saturated heterocycles. The molecule has 1 aromatic heterocycles. The summed E-state index contributed by atoms with van der Waals surface area (Å²) in [5, 5.41) is 3.69. The normalized spacial score (nSPS) is 30.0. The average molecular weight is 486 g/mol. The van der Waals surface area contributed by atoms with Crippen LogP contribution in [-0.4, -0.2) is 60.4 Å². The molecule has 190 valence electrons. The van der Waals surface area contributed by atoms with E-state index < -0.39 is 22.7 Å². The summed E-state index contributed by atoms with van der Waals surface area (Å²) in [7, 11) is 1.67. The summed E-state index contributed by atoms with van der Waals surface area (Å²) in [5.41, 5.74) is -2.00. The number of pyridine rings is 1. The lowest BCUT2D eigenvalue weighted by molar-refractivity contribution is -0.146. The topological polar surface area (TPSA) is 72.8 Å². The number of methoxy groups -OCH3 is 1. The van der Waals surface area contributed by atoms with Gasteiger partial charge >= 0.3 is 6.18 Å². The second-order valence-electron chi connectivity index (χ2n) is 10.1. The summed E-state index contributed by atoms with van der Waals surface area (Å²) < 4.78 is 52.1. The number of nitrogens with one attached hydrogen (secondary N) is 1. The third kappa shape index (κ3) is 4.77. The van der Waals surface area contributed by atoms with Crippen molar-refractivity contribution in [2.75, 3.05) is 26.9 Å². The molecule has 0 radical (unpaired) electrons. The van der Waals surface area contributed by atoms with Crippen LogP contribution in [0.25, 0.3) is 0 Å². The summed E-state index contributed by atoms with van der Waals surface area (Å²) in [5.74, 6) is 0.0449. The Labute approximate surface area is 197 Å². The molecular formula is C24H34F3N3O4. The summed E-state index contributed by atoms with van der Waals surface area (Å²) in [4.78, 5) is 27.7. The highest BCUT2D eigenvalue weighted by Crippen LogP contribution is 2.46. The molecule has 7 nitrogen and oxygen atoms in total. The molecule has 1 amide bonds. The van der Waals surface area contributed by atoms with Crippen molar-refractivity contribution >= 4 is 5.91 Å². The Morgan fingerprint density at radius 1 is 1.26 bits per heavy atom. The first-order valence-corrected chi connectivity index (χ1v) is 12.0. The van der Waals surface area contributed by atoms with Crippen LogP contribution in [-0.2, 0) is 33.5 Å². The molecule has 10 heteroatoms. The van der Waals surface area contributed by atoms with Gasteiger partial charge < -0.3 is 24.3 Å². The van der Waals surface area contributed by atoms with E-state index in [0.29, 0.717) is 38.7 Å². The number of alkyl halides is 3. The van der Waals surface area contributed by atoms with Crippen LogP contribution in [0.15, 0.2) is 16.9 Å². The Balaban J connectivity index is 1.51. The monoisotopic (exact) mass is 485 g/mol. The number of halogens is 3. The highest BCUT2D eigenvalue weighted by Gasteiger charge is 2.50. The van der Waals surface area contributed by atoms with Crippen molar-refractivity contribution < 1.29 is 27.4 Å². The van der Waals surface area contributed by atoms with Crippen LogP contribution in [0.1, 0.15) is 50.8 Å². The van der Waals surface area contributed by atoms with E-state index in [2.05, 4.69) is 5.32 Å². The predicted molar refractivity (Wildman–Crippen MR) is 119 cm³/mol. The number of aromatic nitrogens is 1. The molecule has 0 bridgehead atoms. The van der Waals surface area contributed by atoms with Gasteiger partial charge in [-0.15, -0.1) is 0 Å². The molecule has 0 aromatic carbocycles. The highest BCUT2D eigenvalue weighted by molar-refractivity contribution is 5.83. The van der Waals surface area contributed by atoms with Crippen molar-refractivity contribution in [3.8, 4) is 0 Å². The van der Waals surface area contributed by atoms with Crippen LogP contribution in [0, 0.1) is 11.3 Å². The van der Waals surface area contributed by atoms with Crippen molar-refractivity contribution in [1.29, 1.82) is 0 Å². The molecule has 3 heterocycles. The van der Waals surface area contributed by atoms with Crippen molar-refractivity contribution in [2.24, 2.45) is 11.3 Å². The van der Waals surface area contributed by atoms with Gasteiger partial charge in [0.2, 0.25) is 5.91 Å². The van der Waals surface area contributed by atoms with E-state index >= 15 is 0 Å². The molecule has 1 N–H and O–H groups in total. The minimum Gasteiger partial charge on any atom is -0.379 e. The minimum atomic E-state index is -4.60. The molecule has 0 spiro atoms. The van der Waals surface area contributed by atoms with Crippen LogP contribution < -0.4 is 10.9 Å². The largest absolute Gasteiger partial charge is 0.416 e. The fourth-order valence-electron chi connectivity index (χ4n) is 5.80. The maximum absolute atomic E-state index is 13.8. The zero-order chi connectivity index (χ0) is 24.7. The molecule has 1 aliphatic carbocycles. The Hall–Kier alpha value is -1.91. The van der Waals surface area contributed by atoms with Crippen LogP contribution in [0.2, 0.25) is 0 Å². The van der Waals surface area contributed by atoms with Crippen LogP contribution in [0.3, 0.4) is 0 Å². The van der Waals surface area contributed by atoms with Crippen molar-refractivity contribution in [3.63, 3.8) is 0 Å². The van der Waals surface area contributed by atoms with Crippen molar-refractivity contribution in [3.05, 3.63) is 33.7 Å². The van der Waals surface area contributed by atoms with Gasteiger partial charge in [0.05, 0.1) is 30.2 Å². The SMILES string of the molecule is CO[C@@H]1COCCC1N[C@@H]1CC[C@@](C(=O)N2CCn3c(cc(C(F)(F)F)cc3=O)C2)(C(C)C)C1. The van der Waals surface area contributed by atoms with Gasteiger partial charge in [0.1, 0.15) is 0 Å². The molecule has 2 aliphatic heterocycles. The Bertz CT molecular complexity index is 964. The van der Waals surface area contributed by atoms with Gasteiger partial charge in [-0.25, -0.2) is 0 Å². The summed E-state index contributed by atoms with van der Waals surface area (Å²) in [6.07, 6.45) is -1.55. The molecule has 4 rings (SSSR count). The summed E-state index contributed by atoms with van der Waals surface area (Å²) in [6.45, 7) is 5.82. The lowest BCUT2D eigenvalue weighted by Crippen LogP contribution is -2.52. The van der Waals surface area contributed by atoms with Gasteiger partial charge in [0, 0.05) is 50.7 Å². The first kappa shape index (κ1) is 25.2. The maximum atomic E-state index is 13.8. The number of amides is 1. The molecule has 34 heavy (non-hydrogen) atoms. The van der Waals surface area contributed by atoms with Gasteiger partial charge in [-0.1, -0.05) is 13.8 Å². The quantitative estimate of drug-likeness (QED) is 0.695. The average Bonchev–Trinajstić information content (AvgIpc) is 3.23. The summed E-state index contributed by atoms with van der Waals surface area (Å²) >= 11 is 0. The van der Waals surface area contributed by atoms with Crippen LogP contribution in [0.4, 0.5) is 13.2 Å². The maximum Gasteiger partial charge on any atom is 0.416 e. The number of carbonyl (C=O) groups excluding carboxylic acids is 1. The highest BCUT2D eigenvalue weighted by atomic mass is 19.4. The molecule has 1 saturated carbocycles. The number of carbonyl (C=O) groups is 1. The molecule has 1 aromatic rings. The standard InChI is InChI=1S/C24H34F3N3O4/c1-15(2)23(6-4-17(12-23)28-19-5-9-34-14-20(19)33-3)22(32)29-7-8-30-18(13-29)10-16(11-21(30)31)24(25,26)27/h10-11,15,17,19-20,28H,4-9,12-14H2,1-3H3/t17-,19?,20-,23+/m1/s1. The Kier molecular flexibility index (Phi) is 7.13. The second kappa shape index (κ2) is 9.62. The third-order valence-corrected chi connectivity index (χ3v) is 7.91. The van der Waals surface area contributed by atoms with Gasteiger partial charge in [-0.3, -0.25) is 9.59 Å². The molecule has 1 unspecified atom stereocenters. The molecular weight excluding hydrogens is 451 g/mol.